The quantitative estimate of drug-likeness (QED) is 0.801. The van der Waals surface area contributed by atoms with Crippen molar-refractivity contribution in [1.29, 1.82) is 0 Å². The highest BCUT2D eigenvalue weighted by molar-refractivity contribution is 5.43. The summed E-state index contributed by atoms with van der Waals surface area (Å²) < 4.78 is 5.40. The standard InChI is InChI=1S/C13H19NO/c1-9(2)11-7-14-8-12-10(11)5-4-6-13(12)15-3/h4-6,9,11,14H,7-8H2,1-3H3. The number of methoxy groups -OCH3 is 1. The second-order valence-electron chi connectivity index (χ2n) is 4.51. The summed E-state index contributed by atoms with van der Waals surface area (Å²) in [4.78, 5) is 0. The molecule has 1 aromatic carbocycles. The molecule has 1 aliphatic heterocycles. The normalized spacial score (nSPS) is 20.1. The first-order valence-corrected chi connectivity index (χ1v) is 5.60. The largest absolute Gasteiger partial charge is 0.496 e. The van der Waals surface area contributed by atoms with Crippen LogP contribution in [0.15, 0.2) is 18.2 Å². The van der Waals surface area contributed by atoms with Gasteiger partial charge in [0.05, 0.1) is 7.11 Å². The van der Waals surface area contributed by atoms with Gasteiger partial charge in [-0.15, -0.1) is 0 Å². The molecular formula is C13H19NO. The molecule has 1 unspecified atom stereocenters. The molecule has 1 aliphatic rings. The third-order valence-electron chi connectivity index (χ3n) is 3.26. The molecule has 0 radical (unpaired) electrons. The van der Waals surface area contributed by atoms with Crippen molar-refractivity contribution in [1.82, 2.24) is 5.32 Å². The van der Waals surface area contributed by atoms with Gasteiger partial charge in [0, 0.05) is 18.7 Å². The summed E-state index contributed by atoms with van der Waals surface area (Å²) >= 11 is 0. The highest BCUT2D eigenvalue weighted by atomic mass is 16.5. The third-order valence-corrected chi connectivity index (χ3v) is 3.26. The average Bonchev–Trinajstić information content (AvgIpc) is 2.27. The smallest absolute Gasteiger partial charge is 0.123 e. The van der Waals surface area contributed by atoms with Gasteiger partial charge in [0.15, 0.2) is 0 Å². The van der Waals surface area contributed by atoms with E-state index in [1.54, 1.807) is 7.11 Å². The fraction of sp³-hybridized carbons (Fsp3) is 0.538. The van der Waals surface area contributed by atoms with Crippen LogP contribution in [0.25, 0.3) is 0 Å². The molecule has 1 N–H and O–H groups in total. The van der Waals surface area contributed by atoms with E-state index in [0.29, 0.717) is 11.8 Å². The molecule has 0 saturated heterocycles. The van der Waals surface area contributed by atoms with Gasteiger partial charge >= 0.3 is 0 Å². The number of hydrogen-bond acceptors (Lipinski definition) is 2. The maximum Gasteiger partial charge on any atom is 0.123 e. The maximum absolute atomic E-state index is 5.40. The summed E-state index contributed by atoms with van der Waals surface area (Å²) in [6.45, 7) is 6.57. The second-order valence-corrected chi connectivity index (χ2v) is 4.51. The van der Waals surface area contributed by atoms with E-state index in [1.165, 1.54) is 11.1 Å². The molecule has 1 aromatic rings. The lowest BCUT2D eigenvalue weighted by atomic mass is 9.83. The van der Waals surface area contributed by atoms with Crippen molar-refractivity contribution < 1.29 is 4.74 Å². The molecule has 82 valence electrons. The third kappa shape index (κ3) is 1.86. The van der Waals surface area contributed by atoms with E-state index in [2.05, 4.69) is 31.3 Å². The summed E-state index contributed by atoms with van der Waals surface area (Å²) in [5, 5.41) is 3.47. The van der Waals surface area contributed by atoms with Crippen molar-refractivity contribution >= 4 is 0 Å². The molecule has 2 rings (SSSR count). The molecule has 0 aromatic heterocycles. The molecule has 15 heavy (non-hydrogen) atoms. The van der Waals surface area contributed by atoms with Gasteiger partial charge in [-0.2, -0.15) is 0 Å². The zero-order valence-electron chi connectivity index (χ0n) is 9.71. The lowest BCUT2D eigenvalue weighted by Crippen LogP contribution is -2.31. The molecule has 1 heterocycles. The van der Waals surface area contributed by atoms with Gasteiger partial charge in [-0.25, -0.2) is 0 Å². The predicted molar refractivity (Wildman–Crippen MR) is 62.3 cm³/mol. The van der Waals surface area contributed by atoms with Crippen molar-refractivity contribution in [3.05, 3.63) is 29.3 Å². The van der Waals surface area contributed by atoms with Gasteiger partial charge < -0.3 is 10.1 Å². The first-order valence-electron chi connectivity index (χ1n) is 5.60. The minimum atomic E-state index is 0.615. The fourth-order valence-electron chi connectivity index (χ4n) is 2.37. The lowest BCUT2D eigenvalue weighted by Gasteiger charge is -2.30. The minimum Gasteiger partial charge on any atom is -0.496 e. The van der Waals surface area contributed by atoms with Crippen LogP contribution in [0, 0.1) is 5.92 Å². The number of rotatable bonds is 2. The highest BCUT2D eigenvalue weighted by Gasteiger charge is 2.24. The summed E-state index contributed by atoms with van der Waals surface area (Å²) in [7, 11) is 1.74. The minimum absolute atomic E-state index is 0.615. The van der Waals surface area contributed by atoms with Crippen molar-refractivity contribution in [2.24, 2.45) is 5.92 Å². The van der Waals surface area contributed by atoms with Crippen LogP contribution in [0.1, 0.15) is 30.9 Å². The van der Waals surface area contributed by atoms with Crippen LogP contribution < -0.4 is 10.1 Å². The Morgan fingerprint density at radius 3 is 2.87 bits per heavy atom. The molecule has 1 atom stereocenters. The van der Waals surface area contributed by atoms with Crippen LogP contribution >= 0.6 is 0 Å². The van der Waals surface area contributed by atoms with E-state index in [9.17, 15) is 0 Å². The maximum atomic E-state index is 5.40. The zero-order chi connectivity index (χ0) is 10.8. The van der Waals surface area contributed by atoms with Crippen LogP contribution in [0.4, 0.5) is 0 Å². The van der Waals surface area contributed by atoms with Gasteiger partial charge in [0.2, 0.25) is 0 Å². The Kier molecular flexibility index (Phi) is 2.96. The number of ether oxygens (including phenoxy) is 1. The molecule has 2 heteroatoms. The van der Waals surface area contributed by atoms with E-state index in [-0.39, 0.29) is 0 Å². The number of fused-ring (bicyclic) bond motifs is 1. The van der Waals surface area contributed by atoms with Crippen molar-refractivity contribution in [3.8, 4) is 5.75 Å². The van der Waals surface area contributed by atoms with Crippen LogP contribution in [-0.2, 0) is 6.54 Å². The molecule has 0 spiro atoms. The molecular weight excluding hydrogens is 186 g/mol. The summed E-state index contributed by atoms with van der Waals surface area (Å²) in [5.41, 5.74) is 2.80. The summed E-state index contributed by atoms with van der Waals surface area (Å²) in [5.74, 6) is 2.30. The summed E-state index contributed by atoms with van der Waals surface area (Å²) in [6.07, 6.45) is 0. The van der Waals surface area contributed by atoms with Gasteiger partial charge in [0.25, 0.3) is 0 Å². The van der Waals surface area contributed by atoms with E-state index < -0.39 is 0 Å². The first kappa shape index (κ1) is 10.5. The van der Waals surface area contributed by atoms with E-state index in [0.717, 1.165) is 18.8 Å². The van der Waals surface area contributed by atoms with Crippen molar-refractivity contribution in [3.63, 3.8) is 0 Å². The van der Waals surface area contributed by atoms with Gasteiger partial charge in [0.1, 0.15) is 5.75 Å². The molecule has 0 bridgehead atoms. The average molecular weight is 205 g/mol. The predicted octanol–water partition coefficient (Wildman–Crippen LogP) is 2.54. The second kappa shape index (κ2) is 4.23. The topological polar surface area (TPSA) is 21.3 Å². The molecule has 0 fully saturated rings. The van der Waals surface area contributed by atoms with Gasteiger partial charge in [-0.1, -0.05) is 26.0 Å². The lowest BCUT2D eigenvalue weighted by molar-refractivity contribution is 0.389. The van der Waals surface area contributed by atoms with Gasteiger partial charge in [-0.05, 0) is 23.5 Å². The Hall–Kier alpha value is -1.02. The van der Waals surface area contributed by atoms with Crippen LogP contribution in [0.5, 0.6) is 5.75 Å². The van der Waals surface area contributed by atoms with E-state index in [1.807, 2.05) is 6.07 Å². The van der Waals surface area contributed by atoms with Gasteiger partial charge in [-0.3, -0.25) is 0 Å². The highest BCUT2D eigenvalue weighted by Crippen LogP contribution is 2.34. The molecule has 0 amide bonds. The first-order chi connectivity index (χ1) is 7.24. The molecule has 0 saturated carbocycles. The van der Waals surface area contributed by atoms with Crippen molar-refractivity contribution in [2.75, 3.05) is 13.7 Å². The van der Waals surface area contributed by atoms with Crippen molar-refractivity contribution in [2.45, 2.75) is 26.3 Å². The van der Waals surface area contributed by atoms with E-state index in [4.69, 9.17) is 4.74 Å². The van der Waals surface area contributed by atoms with Crippen LogP contribution in [0.3, 0.4) is 0 Å². The SMILES string of the molecule is COc1cccc2c1CNCC2C(C)C. The van der Waals surface area contributed by atoms with Crippen LogP contribution in [-0.4, -0.2) is 13.7 Å². The molecule has 0 aliphatic carbocycles. The Morgan fingerprint density at radius 2 is 2.20 bits per heavy atom. The number of benzene rings is 1. The molecule has 2 nitrogen and oxygen atoms in total. The Labute approximate surface area is 91.6 Å². The Balaban J connectivity index is 2.44. The fourth-order valence-corrected chi connectivity index (χ4v) is 2.37. The number of hydrogen-bond donors (Lipinski definition) is 1. The Bertz CT molecular complexity index is 346. The monoisotopic (exact) mass is 205 g/mol. The Morgan fingerprint density at radius 1 is 1.40 bits per heavy atom. The van der Waals surface area contributed by atoms with Crippen LogP contribution in [0.2, 0.25) is 0 Å². The summed E-state index contributed by atoms with van der Waals surface area (Å²) in [6, 6.07) is 6.38. The van der Waals surface area contributed by atoms with E-state index >= 15 is 0 Å². The zero-order valence-corrected chi connectivity index (χ0v) is 9.71. The number of nitrogens with one attached hydrogen (secondary N) is 1.